The van der Waals surface area contributed by atoms with E-state index in [9.17, 15) is 4.79 Å². The molecule has 3 aromatic carbocycles. The number of hydrogen-bond acceptors (Lipinski definition) is 3. The van der Waals surface area contributed by atoms with Crippen molar-refractivity contribution in [2.24, 2.45) is 0 Å². The zero-order valence-corrected chi connectivity index (χ0v) is 18.9. The topological polar surface area (TPSA) is 46.9 Å². The first-order valence-corrected chi connectivity index (χ1v) is 11.3. The molecule has 0 aliphatic carbocycles. The molecule has 150 valence electrons. The van der Waals surface area contributed by atoms with E-state index in [4.69, 9.17) is 11.6 Å². The van der Waals surface area contributed by atoms with Gasteiger partial charge in [0.15, 0.2) is 5.16 Å². The molecular formula is C23H17BrClN3OS. The van der Waals surface area contributed by atoms with Gasteiger partial charge in [-0.2, -0.15) is 0 Å². The van der Waals surface area contributed by atoms with Crippen LogP contribution in [0, 0.1) is 0 Å². The molecule has 0 aliphatic rings. The van der Waals surface area contributed by atoms with Gasteiger partial charge in [-0.3, -0.25) is 9.36 Å². The molecule has 1 heterocycles. The van der Waals surface area contributed by atoms with Crippen LogP contribution in [0.2, 0.25) is 5.02 Å². The number of para-hydroxylation sites is 1. The van der Waals surface area contributed by atoms with Crippen molar-refractivity contribution in [1.29, 1.82) is 0 Å². The minimum absolute atomic E-state index is 0.116. The Kier molecular flexibility index (Phi) is 6.57. The number of benzene rings is 3. The number of nitrogens with one attached hydrogen (secondary N) is 1. The number of imidazole rings is 1. The summed E-state index contributed by atoms with van der Waals surface area (Å²) in [7, 11) is 0. The van der Waals surface area contributed by atoms with Gasteiger partial charge < -0.3 is 5.32 Å². The second kappa shape index (κ2) is 9.51. The Morgan fingerprint density at radius 2 is 1.80 bits per heavy atom. The van der Waals surface area contributed by atoms with Gasteiger partial charge >= 0.3 is 0 Å². The second-order valence-corrected chi connectivity index (χ2v) is 8.75. The first-order valence-electron chi connectivity index (χ1n) is 9.17. The molecule has 1 aromatic heterocycles. The summed E-state index contributed by atoms with van der Waals surface area (Å²) in [5, 5.41) is 4.20. The van der Waals surface area contributed by atoms with Gasteiger partial charge in [-0.1, -0.05) is 75.7 Å². The maximum absolute atomic E-state index is 12.4. The van der Waals surface area contributed by atoms with Crippen molar-refractivity contribution in [3.05, 3.63) is 94.6 Å². The van der Waals surface area contributed by atoms with Crippen molar-refractivity contribution in [1.82, 2.24) is 9.55 Å². The highest BCUT2D eigenvalue weighted by Gasteiger charge is 2.15. The summed E-state index contributed by atoms with van der Waals surface area (Å²) in [4.78, 5) is 17.0. The molecule has 7 heteroatoms. The van der Waals surface area contributed by atoms with Gasteiger partial charge in [0.2, 0.25) is 5.91 Å². The zero-order valence-electron chi connectivity index (χ0n) is 15.8. The maximum Gasteiger partial charge on any atom is 0.234 e. The summed E-state index contributed by atoms with van der Waals surface area (Å²) in [6.07, 6.45) is 1.84. The summed E-state index contributed by atoms with van der Waals surface area (Å²) >= 11 is 10.9. The summed E-state index contributed by atoms with van der Waals surface area (Å²) in [5.74, 6) is 0.117. The first kappa shape index (κ1) is 20.7. The van der Waals surface area contributed by atoms with E-state index in [0.717, 1.165) is 26.6 Å². The van der Waals surface area contributed by atoms with Crippen LogP contribution in [-0.4, -0.2) is 21.2 Å². The third kappa shape index (κ3) is 4.95. The zero-order chi connectivity index (χ0) is 20.9. The third-order valence-corrected chi connectivity index (χ3v) is 6.04. The number of carbonyl (C=O) groups is 1. The highest BCUT2D eigenvalue weighted by Crippen LogP contribution is 2.30. The largest absolute Gasteiger partial charge is 0.325 e. The average molecular weight is 499 g/mol. The quantitative estimate of drug-likeness (QED) is 0.301. The van der Waals surface area contributed by atoms with Crippen LogP contribution >= 0.6 is 39.3 Å². The van der Waals surface area contributed by atoms with Crippen molar-refractivity contribution in [2.75, 3.05) is 11.1 Å². The van der Waals surface area contributed by atoms with E-state index >= 15 is 0 Å². The molecule has 1 amide bonds. The molecule has 0 aliphatic heterocycles. The van der Waals surface area contributed by atoms with Crippen molar-refractivity contribution >= 4 is 50.9 Å². The maximum atomic E-state index is 12.4. The van der Waals surface area contributed by atoms with Gasteiger partial charge in [0.1, 0.15) is 0 Å². The monoisotopic (exact) mass is 497 g/mol. The van der Waals surface area contributed by atoms with Crippen molar-refractivity contribution in [3.8, 4) is 16.9 Å². The standard InChI is InChI=1S/C23H17BrClN3OS/c24-17-11-9-16(10-12-17)21-14-26-23(28(21)20-7-2-1-3-8-20)30-15-22(29)27-19-6-4-5-18(25)13-19/h1-14H,15H2,(H,27,29). The van der Waals surface area contributed by atoms with E-state index in [0.29, 0.717) is 10.7 Å². The highest BCUT2D eigenvalue weighted by atomic mass is 79.9. The molecule has 4 aromatic rings. The van der Waals surface area contributed by atoms with E-state index in [1.165, 1.54) is 11.8 Å². The van der Waals surface area contributed by atoms with Crippen LogP contribution in [0.4, 0.5) is 5.69 Å². The predicted molar refractivity (Wildman–Crippen MR) is 128 cm³/mol. The molecule has 4 rings (SSSR count). The molecule has 0 fully saturated rings. The van der Waals surface area contributed by atoms with E-state index < -0.39 is 0 Å². The summed E-state index contributed by atoms with van der Waals surface area (Å²) in [5.41, 5.74) is 3.68. The minimum Gasteiger partial charge on any atom is -0.325 e. The number of nitrogens with zero attached hydrogens (tertiary/aromatic N) is 2. The molecule has 0 atom stereocenters. The molecular weight excluding hydrogens is 482 g/mol. The summed E-state index contributed by atoms with van der Waals surface area (Å²) in [6, 6.07) is 25.2. The van der Waals surface area contributed by atoms with Gasteiger partial charge in [-0.05, 0) is 42.5 Å². The van der Waals surface area contributed by atoms with Gasteiger partial charge in [0.05, 0.1) is 17.6 Å². The number of carbonyl (C=O) groups excluding carboxylic acids is 1. The van der Waals surface area contributed by atoms with Crippen molar-refractivity contribution in [3.63, 3.8) is 0 Å². The van der Waals surface area contributed by atoms with Crippen LogP contribution in [0.25, 0.3) is 16.9 Å². The molecule has 0 unspecified atom stereocenters. The Balaban J connectivity index is 1.58. The van der Waals surface area contributed by atoms with Crippen LogP contribution in [0.1, 0.15) is 0 Å². The molecule has 0 saturated carbocycles. The SMILES string of the molecule is O=C(CSc1ncc(-c2ccc(Br)cc2)n1-c1ccccc1)Nc1cccc(Cl)c1. The average Bonchev–Trinajstić information content (AvgIpc) is 3.17. The van der Waals surface area contributed by atoms with E-state index in [-0.39, 0.29) is 11.7 Å². The normalized spacial score (nSPS) is 10.7. The minimum atomic E-state index is -0.116. The van der Waals surface area contributed by atoms with Crippen LogP contribution in [0.5, 0.6) is 0 Å². The first-order chi connectivity index (χ1) is 14.6. The highest BCUT2D eigenvalue weighted by molar-refractivity contribution is 9.10. The molecule has 0 radical (unpaired) electrons. The van der Waals surface area contributed by atoms with Gasteiger partial charge in [-0.15, -0.1) is 0 Å². The van der Waals surface area contributed by atoms with E-state index in [1.54, 1.807) is 18.2 Å². The molecule has 30 heavy (non-hydrogen) atoms. The van der Waals surface area contributed by atoms with E-state index in [2.05, 4.69) is 30.8 Å². The van der Waals surface area contributed by atoms with Gasteiger partial charge in [-0.25, -0.2) is 4.98 Å². The fourth-order valence-electron chi connectivity index (χ4n) is 2.98. The lowest BCUT2D eigenvalue weighted by Gasteiger charge is -2.12. The Morgan fingerprint density at radius 1 is 1.03 bits per heavy atom. The Morgan fingerprint density at radius 3 is 2.53 bits per heavy atom. The molecule has 1 N–H and O–H groups in total. The smallest absolute Gasteiger partial charge is 0.234 e. The van der Waals surface area contributed by atoms with E-state index in [1.807, 2.05) is 66.9 Å². The Labute approximate surface area is 192 Å². The number of aromatic nitrogens is 2. The Hall–Kier alpha value is -2.54. The summed E-state index contributed by atoms with van der Waals surface area (Å²) < 4.78 is 3.09. The van der Waals surface area contributed by atoms with Gasteiger partial charge in [0.25, 0.3) is 0 Å². The number of hydrogen-bond donors (Lipinski definition) is 1. The number of rotatable bonds is 6. The number of halogens is 2. The second-order valence-electron chi connectivity index (χ2n) is 6.45. The van der Waals surface area contributed by atoms with Crippen LogP contribution < -0.4 is 5.32 Å². The molecule has 0 bridgehead atoms. The fraction of sp³-hybridized carbons (Fsp3) is 0.0435. The fourth-order valence-corrected chi connectivity index (χ4v) is 4.23. The Bertz CT molecular complexity index is 1160. The van der Waals surface area contributed by atoms with Crippen LogP contribution in [0.3, 0.4) is 0 Å². The number of anilines is 1. The predicted octanol–water partition coefficient (Wildman–Crippen LogP) is 6.69. The number of thioether (sulfide) groups is 1. The van der Waals surface area contributed by atoms with Gasteiger partial charge in [0, 0.05) is 26.4 Å². The lowest BCUT2D eigenvalue weighted by atomic mass is 10.1. The lowest BCUT2D eigenvalue weighted by Crippen LogP contribution is -2.14. The summed E-state index contributed by atoms with van der Waals surface area (Å²) in [6.45, 7) is 0. The van der Waals surface area contributed by atoms with Crippen molar-refractivity contribution in [2.45, 2.75) is 5.16 Å². The number of amides is 1. The molecule has 4 nitrogen and oxygen atoms in total. The van der Waals surface area contributed by atoms with Crippen LogP contribution in [0.15, 0.2) is 94.7 Å². The lowest BCUT2D eigenvalue weighted by molar-refractivity contribution is -0.113. The van der Waals surface area contributed by atoms with Crippen molar-refractivity contribution < 1.29 is 4.79 Å². The van der Waals surface area contributed by atoms with Crippen LogP contribution in [-0.2, 0) is 4.79 Å². The third-order valence-electron chi connectivity index (χ3n) is 4.32. The molecule has 0 spiro atoms. The molecule has 0 saturated heterocycles.